The number of hydrogen-bond donors (Lipinski definition) is 1. The highest BCUT2D eigenvalue weighted by Gasteiger charge is 2.23. The predicted molar refractivity (Wildman–Crippen MR) is 179 cm³/mol. The van der Waals surface area contributed by atoms with E-state index in [1.165, 1.54) is 0 Å². The molecule has 44 heavy (non-hydrogen) atoms. The lowest BCUT2D eigenvalue weighted by molar-refractivity contribution is 0.475. The third kappa shape index (κ3) is 5.24. The van der Waals surface area contributed by atoms with Crippen molar-refractivity contribution in [3.05, 3.63) is 120 Å². The Bertz CT molecular complexity index is 2050. The minimum atomic E-state index is -0.176. The Kier molecular flexibility index (Phi) is 7.10. The predicted octanol–water partition coefficient (Wildman–Crippen LogP) is 9.59. The Labute approximate surface area is 259 Å². The van der Waals surface area contributed by atoms with Crippen molar-refractivity contribution in [1.82, 2.24) is 14.5 Å². The molecule has 2 aromatic heterocycles. The maximum Gasteiger partial charge on any atom is 0.149 e. The molecule has 0 bridgehead atoms. The van der Waals surface area contributed by atoms with E-state index in [-0.39, 0.29) is 16.6 Å². The lowest BCUT2D eigenvalue weighted by atomic mass is 9.85. The molecule has 0 aliphatic carbocycles. The zero-order valence-electron chi connectivity index (χ0n) is 26.1. The van der Waals surface area contributed by atoms with E-state index in [1.807, 2.05) is 54.7 Å². The van der Waals surface area contributed by atoms with Gasteiger partial charge in [-0.1, -0.05) is 96.1 Å². The summed E-state index contributed by atoms with van der Waals surface area (Å²) >= 11 is 0. The molecule has 0 fully saturated rings. The van der Waals surface area contributed by atoms with Crippen LogP contribution in [0.5, 0.6) is 5.75 Å². The molecule has 5 heteroatoms. The minimum Gasteiger partial charge on any atom is -0.507 e. The lowest BCUT2D eigenvalue weighted by Gasteiger charge is -2.20. The number of pyridine rings is 1. The zero-order chi connectivity index (χ0) is 31.2. The van der Waals surface area contributed by atoms with Gasteiger partial charge in [-0.2, -0.15) is 5.26 Å². The number of nitriles is 1. The number of rotatable bonds is 4. The van der Waals surface area contributed by atoms with Crippen LogP contribution in [-0.2, 0) is 10.8 Å². The van der Waals surface area contributed by atoms with Crippen molar-refractivity contribution in [3.8, 4) is 51.3 Å². The van der Waals surface area contributed by atoms with Gasteiger partial charge in [-0.25, -0.2) is 4.98 Å². The fourth-order valence-electron chi connectivity index (χ4n) is 5.68. The van der Waals surface area contributed by atoms with Crippen LogP contribution in [0.4, 0.5) is 0 Å². The molecule has 6 aromatic rings. The van der Waals surface area contributed by atoms with Gasteiger partial charge in [0.1, 0.15) is 11.6 Å². The largest absolute Gasteiger partial charge is 0.507 e. The van der Waals surface area contributed by atoms with Gasteiger partial charge in [0.05, 0.1) is 33.9 Å². The van der Waals surface area contributed by atoms with Gasteiger partial charge in [-0.15, -0.1) is 0 Å². The first-order valence-electron chi connectivity index (χ1n) is 14.9. The molecule has 5 nitrogen and oxygen atoms in total. The molecule has 0 aliphatic heterocycles. The number of phenols is 1. The van der Waals surface area contributed by atoms with Crippen LogP contribution in [0, 0.1) is 11.3 Å². The number of aromatic nitrogens is 3. The maximum absolute atomic E-state index is 11.1. The van der Waals surface area contributed by atoms with E-state index in [0.717, 1.165) is 50.2 Å². The van der Waals surface area contributed by atoms with Crippen LogP contribution in [0.2, 0.25) is 0 Å². The number of nitrogens with zero attached hydrogens (tertiary/aromatic N) is 4. The summed E-state index contributed by atoms with van der Waals surface area (Å²) in [5.41, 5.74) is 9.47. The molecular formula is C39H36N4O. The van der Waals surface area contributed by atoms with Gasteiger partial charge in [0.15, 0.2) is 0 Å². The summed E-state index contributed by atoms with van der Waals surface area (Å²) in [5, 5.41) is 21.0. The highest BCUT2D eigenvalue weighted by molar-refractivity contribution is 5.96. The summed E-state index contributed by atoms with van der Waals surface area (Å²) in [6, 6.07) is 34.6. The summed E-state index contributed by atoms with van der Waals surface area (Å²) in [4.78, 5) is 9.99. The van der Waals surface area contributed by atoms with Crippen molar-refractivity contribution >= 4 is 11.0 Å². The first-order chi connectivity index (χ1) is 21.0. The van der Waals surface area contributed by atoms with Crippen molar-refractivity contribution in [2.45, 2.75) is 52.4 Å². The number of aromatic hydroxyl groups is 1. The second-order valence-corrected chi connectivity index (χ2v) is 13.3. The molecule has 0 unspecified atom stereocenters. The van der Waals surface area contributed by atoms with Crippen molar-refractivity contribution in [2.75, 3.05) is 0 Å². The van der Waals surface area contributed by atoms with Crippen LogP contribution in [0.25, 0.3) is 50.5 Å². The van der Waals surface area contributed by atoms with Crippen molar-refractivity contribution in [3.63, 3.8) is 0 Å². The number of para-hydroxylation sites is 2. The molecule has 4 aromatic carbocycles. The summed E-state index contributed by atoms with van der Waals surface area (Å²) in [6.07, 6.45) is 1.83. The van der Waals surface area contributed by atoms with Gasteiger partial charge in [-0.05, 0) is 70.0 Å². The molecule has 0 spiro atoms. The Morgan fingerprint density at radius 1 is 0.727 bits per heavy atom. The Hall–Kier alpha value is -5.21. The summed E-state index contributed by atoms with van der Waals surface area (Å²) in [5.74, 6) is 0.864. The van der Waals surface area contributed by atoms with Gasteiger partial charge in [0.2, 0.25) is 0 Å². The minimum absolute atomic E-state index is 0.0951. The highest BCUT2D eigenvalue weighted by Crippen LogP contribution is 2.39. The van der Waals surface area contributed by atoms with Gasteiger partial charge < -0.3 is 5.11 Å². The number of benzene rings is 4. The van der Waals surface area contributed by atoms with Crippen LogP contribution in [0.15, 0.2) is 103 Å². The molecule has 0 saturated carbocycles. The van der Waals surface area contributed by atoms with Crippen LogP contribution in [-0.4, -0.2) is 19.6 Å². The third-order valence-electron chi connectivity index (χ3n) is 8.10. The molecule has 0 amide bonds. The average molecular weight is 577 g/mol. The monoisotopic (exact) mass is 576 g/mol. The number of imidazole rings is 1. The SMILES string of the molecule is CC(C)(C)c1ccc(O)c(-c2nc3c(-c4cccc(-c5cc(C#N)c(C(C)(C)C)cn5)c4)cccc3n2-c2ccccc2)c1. The first-order valence-corrected chi connectivity index (χ1v) is 14.9. The third-order valence-corrected chi connectivity index (χ3v) is 8.10. The van der Waals surface area contributed by atoms with E-state index in [9.17, 15) is 10.4 Å². The maximum atomic E-state index is 11.1. The fraction of sp³-hybridized carbons (Fsp3) is 0.205. The second kappa shape index (κ2) is 10.8. The van der Waals surface area contributed by atoms with Crippen LogP contribution in [0.1, 0.15) is 58.2 Å². The topological polar surface area (TPSA) is 74.7 Å². The Morgan fingerprint density at radius 3 is 2.16 bits per heavy atom. The highest BCUT2D eigenvalue weighted by atomic mass is 16.3. The summed E-state index contributed by atoms with van der Waals surface area (Å²) < 4.78 is 2.12. The van der Waals surface area contributed by atoms with E-state index in [1.54, 1.807) is 6.07 Å². The molecule has 0 radical (unpaired) electrons. The molecule has 6 rings (SSSR count). The molecule has 2 heterocycles. The van der Waals surface area contributed by atoms with E-state index in [4.69, 9.17) is 9.97 Å². The lowest BCUT2D eigenvalue weighted by Crippen LogP contribution is -2.14. The molecule has 0 aliphatic rings. The standard InChI is InChI=1S/C39H36N4O/c1-38(2,3)28-18-19-35(44)31(22-28)37-42-36-30(16-11-17-34(36)43(37)29-14-8-7-9-15-29)25-12-10-13-26(20-25)33-21-27(23-40)32(24-41-33)39(4,5)6/h7-22,24,44H,1-6H3. The van der Waals surface area contributed by atoms with Crippen molar-refractivity contribution in [1.29, 1.82) is 5.26 Å². The number of fused-ring (bicyclic) bond motifs is 1. The van der Waals surface area contributed by atoms with E-state index in [0.29, 0.717) is 17.0 Å². The summed E-state index contributed by atoms with van der Waals surface area (Å²) in [7, 11) is 0. The van der Waals surface area contributed by atoms with Crippen molar-refractivity contribution in [2.24, 2.45) is 0 Å². The van der Waals surface area contributed by atoms with E-state index in [2.05, 4.69) is 94.6 Å². The number of hydrogen-bond acceptors (Lipinski definition) is 4. The van der Waals surface area contributed by atoms with Crippen LogP contribution in [0.3, 0.4) is 0 Å². The molecular weight excluding hydrogens is 540 g/mol. The fourth-order valence-corrected chi connectivity index (χ4v) is 5.68. The van der Waals surface area contributed by atoms with Gasteiger partial charge >= 0.3 is 0 Å². The zero-order valence-corrected chi connectivity index (χ0v) is 26.1. The second-order valence-electron chi connectivity index (χ2n) is 13.3. The van der Waals surface area contributed by atoms with Crippen molar-refractivity contribution < 1.29 is 5.11 Å². The van der Waals surface area contributed by atoms with Crippen LogP contribution < -0.4 is 0 Å². The summed E-state index contributed by atoms with van der Waals surface area (Å²) in [6.45, 7) is 12.8. The molecule has 218 valence electrons. The Balaban J connectivity index is 1.56. The smallest absolute Gasteiger partial charge is 0.149 e. The molecule has 0 atom stereocenters. The van der Waals surface area contributed by atoms with Gasteiger partial charge in [0.25, 0.3) is 0 Å². The van der Waals surface area contributed by atoms with Gasteiger partial charge in [-0.3, -0.25) is 9.55 Å². The van der Waals surface area contributed by atoms with E-state index >= 15 is 0 Å². The van der Waals surface area contributed by atoms with Gasteiger partial charge in [0, 0.05) is 23.0 Å². The Morgan fingerprint density at radius 2 is 1.45 bits per heavy atom. The number of phenolic OH excluding ortho intramolecular Hbond substituents is 1. The normalized spacial score (nSPS) is 11.9. The van der Waals surface area contributed by atoms with Crippen LogP contribution >= 0.6 is 0 Å². The first kappa shape index (κ1) is 28.9. The molecule has 0 saturated heterocycles. The quantitative estimate of drug-likeness (QED) is 0.227. The molecule has 1 N–H and O–H groups in total. The average Bonchev–Trinajstić information content (AvgIpc) is 3.40. The van der Waals surface area contributed by atoms with E-state index < -0.39 is 0 Å².